The number of hydrogen-bond acceptors (Lipinski definition) is 1. The van der Waals surface area contributed by atoms with E-state index in [9.17, 15) is 0 Å². The minimum absolute atomic E-state index is 0.125. The van der Waals surface area contributed by atoms with Gasteiger partial charge in [-0.05, 0) is 126 Å². The zero-order valence-electron chi connectivity index (χ0n) is 37.2. The fourth-order valence-electron chi connectivity index (χ4n) is 10.8. The van der Waals surface area contributed by atoms with Crippen LogP contribution >= 0.6 is 0 Å². The normalized spacial score (nSPS) is 14.7. The van der Waals surface area contributed by atoms with E-state index in [0.29, 0.717) is 0 Å². The Morgan fingerprint density at radius 3 is 1.56 bits per heavy atom. The van der Waals surface area contributed by atoms with Gasteiger partial charge in [-0.15, -0.1) is 0 Å². The van der Waals surface area contributed by atoms with E-state index in [-0.39, 0.29) is 5.41 Å². The van der Waals surface area contributed by atoms with Crippen LogP contribution in [0.25, 0.3) is 71.6 Å². The summed E-state index contributed by atoms with van der Waals surface area (Å²) in [6.45, 7) is 4.80. The van der Waals surface area contributed by atoms with Gasteiger partial charge in [0, 0.05) is 33.3 Å². The first-order valence-corrected chi connectivity index (χ1v) is 23.1. The van der Waals surface area contributed by atoms with Crippen LogP contribution in [0.1, 0.15) is 48.9 Å². The first-order valence-electron chi connectivity index (χ1n) is 23.1. The van der Waals surface area contributed by atoms with Crippen LogP contribution in [0.3, 0.4) is 0 Å². The lowest BCUT2D eigenvalue weighted by molar-refractivity contribution is 0.648. The third-order valence-corrected chi connectivity index (χ3v) is 14.1. The predicted molar refractivity (Wildman–Crippen MR) is 279 cm³/mol. The number of hydrogen-bond donors (Lipinski definition) is 0. The van der Waals surface area contributed by atoms with Crippen molar-refractivity contribution in [2.24, 2.45) is 0 Å². The zero-order valence-corrected chi connectivity index (χ0v) is 37.2. The Balaban J connectivity index is 1.03. The molecular formula is C65H47N. The van der Waals surface area contributed by atoms with E-state index in [1.165, 1.54) is 82.9 Å². The van der Waals surface area contributed by atoms with Crippen LogP contribution in [-0.4, -0.2) is 0 Å². The van der Waals surface area contributed by atoms with Crippen molar-refractivity contribution >= 4 is 49.6 Å². The average molecular weight is 842 g/mol. The SMILES string of the molecule is CC1(C)C2=C(CCC(N(c3ccc(-c4ccc(-c5ccc(-c6ccccc6)cc5)cc4)cc3)c3c(C4=C=C=CC=C4c4ccccc4)c4ccccc4c4ccccc34)=C2)c2ccccc21. The third-order valence-electron chi connectivity index (χ3n) is 14.1. The first-order chi connectivity index (χ1) is 32.5. The first kappa shape index (κ1) is 39.4. The number of rotatable bonds is 8. The molecule has 0 amide bonds. The number of allylic oxidation sites excluding steroid dienone is 8. The van der Waals surface area contributed by atoms with Crippen molar-refractivity contribution in [3.63, 3.8) is 0 Å². The van der Waals surface area contributed by atoms with Crippen molar-refractivity contribution in [2.45, 2.75) is 32.1 Å². The summed E-state index contributed by atoms with van der Waals surface area (Å²) in [5, 5.41) is 4.85. The Labute approximate surface area is 387 Å². The molecule has 0 aromatic heterocycles. The number of fused-ring (bicyclic) bond motifs is 5. The van der Waals surface area contributed by atoms with Gasteiger partial charge in [0.15, 0.2) is 0 Å². The van der Waals surface area contributed by atoms with E-state index >= 15 is 0 Å². The standard InChI is InChI=1S/C65H47N/c1-65(2)61-28-16-15-24-56(61)57-42-41-52(43-62(57)65)66(51-39-37-49(38-40-51)48-35-33-47(34-36-48)46-31-29-45(30-32-46)44-17-5-3-6-18-44)64-60-27-14-11-23-55(60)54-22-10-13-26-59(54)63(64)58-25-12-9-21-53(58)50-19-7-4-8-20-50/h3-11,13-24,26-40,43H,41-42H2,1-2H3. The van der Waals surface area contributed by atoms with E-state index < -0.39 is 0 Å². The molecule has 0 saturated carbocycles. The molecular weight excluding hydrogens is 795 g/mol. The molecule has 0 heterocycles. The van der Waals surface area contributed by atoms with E-state index in [1.54, 1.807) is 0 Å². The maximum absolute atomic E-state index is 3.70. The summed E-state index contributed by atoms with van der Waals surface area (Å²) in [5.41, 5.74) is 28.0. The molecule has 0 aliphatic heterocycles. The highest BCUT2D eigenvalue weighted by molar-refractivity contribution is 6.24. The molecule has 66 heavy (non-hydrogen) atoms. The van der Waals surface area contributed by atoms with Crippen molar-refractivity contribution in [3.8, 4) is 33.4 Å². The highest BCUT2D eigenvalue weighted by atomic mass is 15.2. The van der Waals surface area contributed by atoms with E-state index in [1.807, 2.05) is 6.08 Å². The van der Waals surface area contributed by atoms with Gasteiger partial charge in [-0.25, -0.2) is 0 Å². The predicted octanol–water partition coefficient (Wildman–Crippen LogP) is 17.3. The summed E-state index contributed by atoms with van der Waals surface area (Å²) in [6, 6.07) is 75.4. The summed E-state index contributed by atoms with van der Waals surface area (Å²) >= 11 is 0. The van der Waals surface area contributed by atoms with Gasteiger partial charge in [0.05, 0.1) is 5.69 Å². The second-order valence-electron chi connectivity index (χ2n) is 18.2. The number of anilines is 2. The van der Waals surface area contributed by atoms with Crippen LogP contribution in [0.15, 0.2) is 247 Å². The number of nitrogens with zero attached hydrogens (tertiary/aromatic N) is 1. The second kappa shape index (κ2) is 16.1. The smallest absolute Gasteiger partial charge is 0.0628 e. The minimum Gasteiger partial charge on any atom is -0.313 e. The van der Waals surface area contributed by atoms with Gasteiger partial charge in [0.25, 0.3) is 0 Å². The fourth-order valence-corrected chi connectivity index (χ4v) is 10.8. The Morgan fingerprint density at radius 1 is 0.455 bits per heavy atom. The van der Waals surface area contributed by atoms with Crippen LogP contribution in [0, 0.1) is 0 Å². The molecule has 0 bridgehead atoms. The molecule has 0 radical (unpaired) electrons. The van der Waals surface area contributed by atoms with Crippen LogP contribution in [0.2, 0.25) is 0 Å². The molecule has 0 N–H and O–H groups in total. The molecule has 0 atom stereocenters. The van der Waals surface area contributed by atoms with Crippen LogP contribution in [0.4, 0.5) is 11.4 Å². The Bertz CT molecular complexity index is 3570. The molecule has 1 nitrogen and oxygen atoms in total. The topological polar surface area (TPSA) is 3.24 Å². The molecule has 9 aromatic rings. The summed E-state index contributed by atoms with van der Waals surface area (Å²) < 4.78 is 0. The van der Waals surface area contributed by atoms with Crippen molar-refractivity contribution in [1.29, 1.82) is 0 Å². The summed E-state index contributed by atoms with van der Waals surface area (Å²) in [7, 11) is 0. The zero-order chi connectivity index (χ0) is 44.2. The molecule has 0 spiro atoms. The minimum atomic E-state index is -0.125. The molecule has 0 fully saturated rings. The molecule has 1 heteroatoms. The van der Waals surface area contributed by atoms with E-state index in [0.717, 1.165) is 46.5 Å². The molecule has 9 aromatic carbocycles. The Morgan fingerprint density at radius 2 is 0.939 bits per heavy atom. The summed E-state index contributed by atoms with van der Waals surface area (Å²) in [6.07, 6.45) is 8.60. The van der Waals surface area contributed by atoms with Gasteiger partial charge in [-0.3, -0.25) is 0 Å². The van der Waals surface area contributed by atoms with E-state index in [2.05, 4.69) is 249 Å². The van der Waals surface area contributed by atoms with Gasteiger partial charge in [0.1, 0.15) is 0 Å². The Kier molecular flexibility index (Phi) is 9.62. The van der Waals surface area contributed by atoms with E-state index in [4.69, 9.17) is 0 Å². The van der Waals surface area contributed by atoms with Crippen molar-refractivity contribution in [1.82, 2.24) is 0 Å². The lowest BCUT2D eigenvalue weighted by Crippen LogP contribution is -2.23. The summed E-state index contributed by atoms with van der Waals surface area (Å²) in [5.74, 6) is 0. The van der Waals surface area contributed by atoms with Crippen LogP contribution in [-0.2, 0) is 5.41 Å². The maximum Gasteiger partial charge on any atom is 0.0628 e. The quantitative estimate of drug-likeness (QED) is 0.109. The molecule has 312 valence electrons. The largest absolute Gasteiger partial charge is 0.313 e. The molecule has 3 aliphatic carbocycles. The molecule has 0 saturated heterocycles. The number of benzene rings is 9. The monoisotopic (exact) mass is 841 g/mol. The summed E-state index contributed by atoms with van der Waals surface area (Å²) in [4.78, 5) is 2.59. The Hall–Kier alpha value is -8.18. The van der Waals surface area contributed by atoms with Gasteiger partial charge >= 0.3 is 0 Å². The van der Waals surface area contributed by atoms with Crippen molar-refractivity contribution in [2.75, 3.05) is 4.90 Å². The highest BCUT2D eigenvalue weighted by Crippen LogP contribution is 2.54. The molecule has 3 aliphatic rings. The highest BCUT2D eigenvalue weighted by Gasteiger charge is 2.39. The fraction of sp³-hybridized carbons (Fsp3) is 0.0769. The molecule has 0 unspecified atom stereocenters. The maximum atomic E-state index is 3.70. The van der Waals surface area contributed by atoms with Gasteiger partial charge in [-0.1, -0.05) is 219 Å². The van der Waals surface area contributed by atoms with Crippen molar-refractivity contribution < 1.29 is 0 Å². The van der Waals surface area contributed by atoms with Gasteiger partial charge < -0.3 is 4.90 Å². The van der Waals surface area contributed by atoms with Gasteiger partial charge in [0.2, 0.25) is 0 Å². The lowest BCUT2D eigenvalue weighted by atomic mass is 9.79. The van der Waals surface area contributed by atoms with Crippen LogP contribution in [0.5, 0.6) is 0 Å². The van der Waals surface area contributed by atoms with Gasteiger partial charge in [-0.2, -0.15) is 0 Å². The van der Waals surface area contributed by atoms with Crippen molar-refractivity contribution in [3.05, 3.63) is 269 Å². The average Bonchev–Trinajstić information content (AvgIpc) is 3.62. The lowest BCUT2D eigenvalue weighted by Gasteiger charge is -2.35. The molecule has 12 rings (SSSR count). The second-order valence-corrected chi connectivity index (χ2v) is 18.2. The third kappa shape index (κ3) is 6.65. The van der Waals surface area contributed by atoms with Crippen LogP contribution < -0.4 is 4.90 Å².